The van der Waals surface area contributed by atoms with E-state index in [1.165, 1.54) is 45.4 Å². The van der Waals surface area contributed by atoms with Crippen LogP contribution in [0.4, 0.5) is 9.59 Å². The molecule has 2 aliphatic heterocycles. The van der Waals surface area contributed by atoms with Crippen LogP contribution in [0.1, 0.15) is 47.0 Å². The zero-order valence-corrected chi connectivity index (χ0v) is 31.1. The van der Waals surface area contributed by atoms with Gasteiger partial charge in [0.2, 0.25) is 11.6 Å². The van der Waals surface area contributed by atoms with Crippen LogP contribution in [0.2, 0.25) is 0 Å². The van der Waals surface area contributed by atoms with Gasteiger partial charge in [-0.15, -0.1) is 6.58 Å². The molecule has 6 atom stereocenters. The number of primary amides is 1. The van der Waals surface area contributed by atoms with Crippen molar-refractivity contribution in [2.24, 2.45) is 17.6 Å². The van der Waals surface area contributed by atoms with Gasteiger partial charge in [-0.05, 0) is 44.6 Å². The number of allylic oxidation sites excluding steroid dienone is 4. The first-order valence-corrected chi connectivity index (χ1v) is 18.2. The minimum Gasteiger partial charge on any atom is -0.442 e. The van der Waals surface area contributed by atoms with Crippen LogP contribution in [0, 0.1) is 11.8 Å². The van der Waals surface area contributed by atoms with Crippen LogP contribution in [0.5, 0.6) is 0 Å². The first kappa shape index (κ1) is 41.8. The number of carbonyl (C=O) groups excluding carboxylic acids is 5. The molecule has 0 aromatic rings. The fourth-order valence-corrected chi connectivity index (χ4v) is 7.09. The van der Waals surface area contributed by atoms with E-state index in [0.29, 0.717) is 12.0 Å². The molecule has 286 valence electrons. The fraction of sp³-hybridized carbons (Fsp3) is 0.514. The van der Waals surface area contributed by atoms with E-state index >= 15 is 0 Å². The standard InChI is InChI=1S/C35H49N5O11S/c1-8-13-37-29-24-16-20(2)17-28(49-7)32(51-35(45)39-52(46,47)40-14-10-15-40)23(5)18-22(4)31(50-34(36)44)27(48-6)12-9-11-21(3)33(43)38-25(30(24)42)19-26(29)41/h8-9,11-12,18-20,23,27-28,31-32,37H,1,10,13-17H2,2-7H3,(H2,36,44)(H,38,43)(H,39,45)/b12-9-,21-11+,22-18+/t20-,23+,27+,28+,31+,32+/m1/s1. The van der Waals surface area contributed by atoms with Gasteiger partial charge in [0.1, 0.15) is 12.2 Å². The molecule has 0 aromatic carbocycles. The molecule has 16 nitrogen and oxygen atoms in total. The SMILES string of the molecule is C=CCNC1=C2C[C@@H](C)C[C@H](OC)[C@@H](OC(=O)NS(=O)(=O)N3CCC3)[C@@H](C)/C=C(\C)[C@H](OC(N)=O)[C@@H](OC)/C=C\C=C(/C)C(=O)NC(=CC1=O)C2=O. The lowest BCUT2D eigenvalue weighted by molar-refractivity contribution is -0.120. The second-order valence-corrected chi connectivity index (χ2v) is 14.5. The number of Topliss-reactive ketones (excluding diaryl/α,β-unsaturated/α-hetero) is 1. The molecule has 0 radical (unpaired) electrons. The number of ether oxygens (including phenoxy) is 4. The Balaban J connectivity index is 2.15. The van der Waals surface area contributed by atoms with Gasteiger partial charge in [-0.3, -0.25) is 14.4 Å². The van der Waals surface area contributed by atoms with Gasteiger partial charge in [0.05, 0.1) is 17.5 Å². The minimum atomic E-state index is -4.15. The van der Waals surface area contributed by atoms with Crippen LogP contribution in [-0.4, -0.2) is 101 Å². The normalized spacial score (nSPS) is 29.6. The van der Waals surface area contributed by atoms with E-state index in [-0.39, 0.29) is 55.0 Å². The molecular formula is C35H49N5O11S. The molecule has 0 spiro atoms. The van der Waals surface area contributed by atoms with E-state index in [9.17, 15) is 32.4 Å². The molecule has 2 heterocycles. The first-order chi connectivity index (χ1) is 24.5. The van der Waals surface area contributed by atoms with Gasteiger partial charge in [-0.1, -0.05) is 44.2 Å². The Kier molecular flexibility index (Phi) is 15.1. The lowest BCUT2D eigenvalue weighted by atomic mass is 9.85. The number of hydrogen-bond acceptors (Lipinski definition) is 12. The smallest absolute Gasteiger partial charge is 0.422 e. The van der Waals surface area contributed by atoms with E-state index in [1.54, 1.807) is 26.8 Å². The second kappa shape index (κ2) is 18.8. The van der Waals surface area contributed by atoms with Crippen LogP contribution in [-0.2, 0) is 43.5 Å². The van der Waals surface area contributed by atoms with Gasteiger partial charge in [-0.2, -0.15) is 12.7 Å². The van der Waals surface area contributed by atoms with Crippen LogP contribution >= 0.6 is 0 Å². The number of rotatable bonds is 9. The van der Waals surface area contributed by atoms with Crippen molar-refractivity contribution in [1.29, 1.82) is 0 Å². The minimum absolute atomic E-state index is 0.0459. The molecule has 1 fully saturated rings. The quantitative estimate of drug-likeness (QED) is 0.197. The van der Waals surface area contributed by atoms with Crippen LogP contribution in [0.15, 0.2) is 71.1 Å². The van der Waals surface area contributed by atoms with E-state index in [1.807, 2.05) is 4.72 Å². The first-order valence-electron chi connectivity index (χ1n) is 16.8. The second-order valence-electron chi connectivity index (χ2n) is 12.8. The number of carbonyl (C=O) groups is 5. The van der Waals surface area contributed by atoms with Crippen molar-refractivity contribution in [3.8, 4) is 0 Å². The number of fused-ring (bicyclic) bond motifs is 2. The van der Waals surface area contributed by atoms with E-state index in [0.717, 1.165) is 10.4 Å². The van der Waals surface area contributed by atoms with Crippen molar-refractivity contribution in [3.05, 3.63) is 71.1 Å². The summed E-state index contributed by atoms with van der Waals surface area (Å²) < 4.78 is 51.1. The maximum absolute atomic E-state index is 13.8. The van der Waals surface area contributed by atoms with Crippen molar-refractivity contribution in [3.63, 3.8) is 0 Å². The average Bonchev–Trinajstić information content (AvgIpc) is 3.03. The highest BCUT2D eigenvalue weighted by Crippen LogP contribution is 2.30. The van der Waals surface area contributed by atoms with E-state index < -0.39 is 76.1 Å². The molecule has 2 bridgehead atoms. The maximum Gasteiger partial charge on any atom is 0.422 e. The topological polar surface area (TPSA) is 222 Å². The number of methoxy groups -OCH3 is 2. The fourth-order valence-electron chi connectivity index (χ4n) is 5.97. The van der Waals surface area contributed by atoms with Crippen molar-refractivity contribution < 1.29 is 51.3 Å². The van der Waals surface area contributed by atoms with Crippen molar-refractivity contribution in [2.45, 2.75) is 71.4 Å². The summed E-state index contributed by atoms with van der Waals surface area (Å²) in [6.07, 6.45) is 3.25. The third-order valence-electron chi connectivity index (χ3n) is 8.79. The predicted octanol–water partition coefficient (Wildman–Crippen LogP) is 2.22. The Hall–Kier alpha value is -4.58. The monoisotopic (exact) mass is 747 g/mol. The van der Waals surface area contributed by atoms with E-state index in [2.05, 4.69) is 17.2 Å². The molecule has 0 saturated carbocycles. The Morgan fingerprint density at radius 1 is 1.12 bits per heavy atom. The number of nitrogens with two attached hydrogens (primary N) is 1. The lowest BCUT2D eigenvalue weighted by Crippen LogP contribution is -2.51. The Morgan fingerprint density at radius 3 is 2.38 bits per heavy atom. The highest BCUT2D eigenvalue weighted by molar-refractivity contribution is 7.87. The Morgan fingerprint density at radius 2 is 1.81 bits per heavy atom. The molecule has 3 aliphatic rings. The van der Waals surface area contributed by atoms with Gasteiger partial charge < -0.3 is 35.3 Å². The molecule has 5 N–H and O–H groups in total. The predicted molar refractivity (Wildman–Crippen MR) is 190 cm³/mol. The summed E-state index contributed by atoms with van der Waals surface area (Å²) in [5, 5.41) is 5.48. The zero-order chi connectivity index (χ0) is 38.7. The van der Waals surface area contributed by atoms with Gasteiger partial charge in [0.25, 0.3) is 5.91 Å². The zero-order valence-electron chi connectivity index (χ0n) is 30.3. The number of nitrogens with one attached hydrogen (secondary N) is 3. The summed E-state index contributed by atoms with van der Waals surface area (Å²) in [5.41, 5.74) is 6.02. The molecule has 3 rings (SSSR count). The highest BCUT2D eigenvalue weighted by Gasteiger charge is 2.37. The lowest BCUT2D eigenvalue weighted by Gasteiger charge is -2.33. The summed E-state index contributed by atoms with van der Waals surface area (Å²) in [6.45, 7) is 11.0. The summed E-state index contributed by atoms with van der Waals surface area (Å²) in [4.78, 5) is 65.4. The Bertz CT molecular complexity index is 1680. The third-order valence-corrected chi connectivity index (χ3v) is 10.3. The number of amides is 3. The largest absolute Gasteiger partial charge is 0.442 e. The average molecular weight is 748 g/mol. The molecule has 0 unspecified atom stereocenters. The number of hydrogen-bond donors (Lipinski definition) is 4. The summed E-state index contributed by atoms with van der Waals surface area (Å²) >= 11 is 0. The summed E-state index contributed by atoms with van der Waals surface area (Å²) in [5.74, 6) is -2.82. The van der Waals surface area contributed by atoms with Gasteiger partial charge >= 0.3 is 22.4 Å². The van der Waals surface area contributed by atoms with Gasteiger partial charge in [0, 0.05) is 57.0 Å². The van der Waals surface area contributed by atoms with Gasteiger partial charge in [-0.25, -0.2) is 14.3 Å². The van der Waals surface area contributed by atoms with Crippen LogP contribution < -0.4 is 21.1 Å². The van der Waals surface area contributed by atoms with Crippen molar-refractivity contribution >= 4 is 39.9 Å². The van der Waals surface area contributed by atoms with Gasteiger partial charge in [0.15, 0.2) is 6.10 Å². The molecule has 0 aromatic heterocycles. The summed E-state index contributed by atoms with van der Waals surface area (Å²) in [7, 11) is -1.38. The maximum atomic E-state index is 13.8. The number of ketones is 2. The van der Waals surface area contributed by atoms with Crippen LogP contribution in [0.3, 0.4) is 0 Å². The third kappa shape index (κ3) is 11.0. The van der Waals surface area contributed by atoms with Crippen molar-refractivity contribution in [2.75, 3.05) is 33.9 Å². The highest BCUT2D eigenvalue weighted by atomic mass is 32.2. The number of nitrogens with zero attached hydrogens (tertiary/aromatic N) is 1. The molecule has 1 aliphatic carbocycles. The van der Waals surface area contributed by atoms with E-state index in [4.69, 9.17) is 24.7 Å². The molecule has 52 heavy (non-hydrogen) atoms. The molecular weight excluding hydrogens is 698 g/mol. The molecule has 3 amide bonds. The summed E-state index contributed by atoms with van der Waals surface area (Å²) in [6, 6.07) is 0. The van der Waals surface area contributed by atoms with Crippen LogP contribution in [0.25, 0.3) is 0 Å². The molecule has 1 saturated heterocycles. The molecule has 17 heteroatoms. The van der Waals surface area contributed by atoms with Crippen molar-refractivity contribution in [1.82, 2.24) is 19.7 Å². The Labute approximate surface area is 304 Å².